The van der Waals surface area contributed by atoms with Gasteiger partial charge in [-0.3, -0.25) is 4.99 Å². The maximum absolute atomic E-state index is 6.44. The van der Waals surface area contributed by atoms with Crippen molar-refractivity contribution in [1.29, 1.82) is 0 Å². The van der Waals surface area contributed by atoms with Crippen LogP contribution in [0.1, 0.15) is 43.4 Å². The molecule has 1 unspecified atom stereocenters. The van der Waals surface area contributed by atoms with Crippen molar-refractivity contribution in [2.75, 3.05) is 30.1 Å². The monoisotopic (exact) mass is 466 g/mol. The molecular formula is C26H31ClN4S. The van der Waals surface area contributed by atoms with Crippen molar-refractivity contribution >= 4 is 50.7 Å². The van der Waals surface area contributed by atoms with Gasteiger partial charge < -0.3 is 15.2 Å². The molecule has 32 heavy (non-hydrogen) atoms. The first-order valence-corrected chi connectivity index (χ1v) is 13.0. The lowest BCUT2D eigenvalue weighted by Crippen LogP contribution is -2.14. The summed E-state index contributed by atoms with van der Waals surface area (Å²) in [5.41, 5.74) is 6.01. The molecular weight excluding hydrogens is 436 g/mol. The maximum atomic E-state index is 6.44. The van der Waals surface area contributed by atoms with Gasteiger partial charge in [0.05, 0.1) is 22.9 Å². The largest absolute Gasteiger partial charge is 0.381 e. The third-order valence-electron chi connectivity index (χ3n) is 6.54. The molecule has 1 atom stereocenters. The van der Waals surface area contributed by atoms with Crippen LogP contribution >= 0.6 is 23.4 Å². The van der Waals surface area contributed by atoms with Gasteiger partial charge in [-0.1, -0.05) is 36.6 Å². The van der Waals surface area contributed by atoms with Gasteiger partial charge in [0.1, 0.15) is 5.04 Å². The van der Waals surface area contributed by atoms with E-state index in [1.54, 1.807) is 0 Å². The summed E-state index contributed by atoms with van der Waals surface area (Å²) < 4.78 is 0. The highest BCUT2D eigenvalue weighted by molar-refractivity contribution is 8.14. The molecule has 2 aromatic carbocycles. The fourth-order valence-electron chi connectivity index (χ4n) is 4.76. The van der Waals surface area contributed by atoms with E-state index in [0.717, 1.165) is 50.9 Å². The third-order valence-corrected chi connectivity index (χ3v) is 7.91. The molecule has 2 aliphatic rings. The normalized spacial score (nSPS) is 19.0. The van der Waals surface area contributed by atoms with Crippen molar-refractivity contribution in [3.63, 3.8) is 0 Å². The minimum Gasteiger partial charge on any atom is -0.381 e. The highest BCUT2D eigenvalue weighted by Crippen LogP contribution is 2.34. The van der Waals surface area contributed by atoms with Gasteiger partial charge in [-0.2, -0.15) is 0 Å². The fraction of sp³-hybridized carbons (Fsp3) is 0.423. The van der Waals surface area contributed by atoms with Crippen LogP contribution in [0.15, 0.2) is 47.5 Å². The Balaban J connectivity index is 1.31. The Labute approximate surface area is 199 Å². The first-order valence-electron chi connectivity index (χ1n) is 11.6. The molecule has 168 valence electrons. The number of fused-ring (bicyclic) bond motifs is 1. The number of aliphatic imine (C=N–C) groups is 1. The summed E-state index contributed by atoms with van der Waals surface area (Å²) in [6.07, 6.45) is 7.24. The number of nitrogens with one attached hydrogen (secondary N) is 2. The Morgan fingerprint density at radius 2 is 2.00 bits per heavy atom. The number of thioether (sulfide) groups is 1. The molecule has 0 radical (unpaired) electrons. The Morgan fingerprint density at radius 1 is 1.16 bits per heavy atom. The van der Waals surface area contributed by atoms with Crippen molar-refractivity contribution in [2.45, 2.75) is 50.6 Å². The minimum absolute atomic E-state index is 0.365. The Bertz CT molecular complexity index is 1130. The van der Waals surface area contributed by atoms with Crippen molar-refractivity contribution in [1.82, 2.24) is 4.98 Å². The summed E-state index contributed by atoms with van der Waals surface area (Å²) >= 11 is 8.30. The molecule has 1 aromatic heterocycles. The third kappa shape index (κ3) is 4.79. The van der Waals surface area contributed by atoms with Crippen LogP contribution in [0.3, 0.4) is 0 Å². The summed E-state index contributed by atoms with van der Waals surface area (Å²) in [5, 5.41) is 6.78. The summed E-state index contributed by atoms with van der Waals surface area (Å²) in [6.45, 7) is 0. The van der Waals surface area contributed by atoms with Crippen LogP contribution in [0.5, 0.6) is 0 Å². The average molecular weight is 467 g/mol. The van der Waals surface area contributed by atoms with Gasteiger partial charge in [0.25, 0.3) is 0 Å². The second kappa shape index (κ2) is 9.40. The van der Waals surface area contributed by atoms with Gasteiger partial charge in [-0.05, 0) is 61.6 Å². The van der Waals surface area contributed by atoms with Crippen LogP contribution in [0.25, 0.3) is 10.9 Å². The van der Waals surface area contributed by atoms with Crippen LogP contribution in [0.4, 0.5) is 11.4 Å². The molecule has 4 nitrogen and oxygen atoms in total. The predicted octanol–water partition coefficient (Wildman–Crippen LogP) is 6.74. The number of aromatic amines is 1. The quantitative estimate of drug-likeness (QED) is 0.405. The Hall–Kier alpha value is -2.11. The maximum Gasteiger partial charge on any atom is 0.114 e. The molecule has 0 amide bonds. The lowest BCUT2D eigenvalue weighted by molar-refractivity contribution is 0.685. The zero-order valence-electron chi connectivity index (χ0n) is 18.8. The van der Waals surface area contributed by atoms with Crippen molar-refractivity contribution in [2.24, 2.45) is 4.99 Å². The van der Waals surface area contributed by atoms with E-state index in [1.165, 1.54) is 36.9 Å². The number of aromatic nitrogens is 1. The van der Waals surface area contributed by atoms with Crippen molar-refractivity contribution in [3.8, 4) is 0 Å². The molecule has 1 saturated carbocycles. The second-order valence-corrected chi connectivity index (χ2v) is 10.7. The predicted molar refractivity (Wildman–Crippen MR) is 141 cm³/mol. The van der Waals surface area contributed by atoms with Gasteiger partial charge in [-0.15, -0.1) is 11.8 Å². The molecule has 6 heteroatoms. The number of anilines is 2. The molecule has 3 aromatic rings. The Kier molecular flexibility index (Phi) is 6.38. The zero-order chi connectivity index (χ0) is 22.1. The molecule has 0 saturated heterocycles. The van der Waals surface area contributed by atoms with E-state index in [-0.39, 0.29) is 0 Å². The second-order valence-electron chi connectivity index (χ2n) is 9.23. The number of H-pyrrole nitrogens is 1. The lowest BCUT2D eigenvalue weighted by atomic mass is 10.1. The van der Waals surface area contributed by atoms with Gasteiger partial charge in [0.2, 0.25) is 0 Å². The average Bonchev–Trinajstić information content (AvgIpc) is 3.53. The van der Waals surface area contributed by atoms with Gasteiger partial charge >= 0.3 is 0 Å². The number of nitrogens with zero attached hydrogens (tertiary/aromatic N) is 2. The molecule has 1 aliphatic carbocycles. The Morgan fingerprint density at radius 3 is 2.81 bits per heavy atom. The van der Waals surface area contributed by atoms with E-state index in [9.17, 15) is 0 Å². The first-order chi connectivity index (χ1) is 15.5. The van der Waals surface area contributed by atoms with Crippen molar-refractivity contribution in [3.05, 3.63) is 58.7 Å². The number of hydrogen-bond donors (Lipinski definition) is 2. The molecule has 2 N–H and O–H groups in total. The number of halogens is 1. The van der Waals surface area contributed by atoms with E-state index < -0.39 is 0 Å². The summed E-state index contributed by atoms with van der Waals surface area (Å²) in [4.78, 5) is 10.9. The molecule has 1 aliphatic heterocycles. The van der Waals surface area contributed by atoms with Crippen LogP contribution in [-0.2, 0) is 6.42 Å². The number of rotatable bonds is 7. The summed E-state index contributed by atoms with van der Waals surface area (Å²) in [7, 11) is 4.18. The highest BCUT2D eigenvalue weighted by atomic mass is 35.5. The van der Waals surface area contributed by atoms with Crippen molar-refractivity contribution < 1.29 is 0 Å². The van der Waals surface area contributed by atoms with E-state index >= 15 is 0 Å². The van der Waals surface area contributed by atoms with Crippen LogP contribution in [0, 0.1) is 0 Å². The first kappa shape index (κ1) is 21.7. The number of benzene rings is 2. The molecule has 5 rings (SSSR count). The van der Waals surface area contributed by atoms with Gasteiger partial charge in [0.15, 0.2) is 0 Å². The SMILES string of the molecule is CN(C)c1cccc(CCC2CSC(c3cc4cc(Cl)cc(NC5CCCC5)c4[nH]3)=N2)c1. The highest BCUT2D eigenvalue weighted by Gasteiger charge is 2.22. The van der Waals surface area contributed by atoms with E-state index in [4.69, 9.17) is 16.6 Å². The smallest absolute Gasteiger partial charge is 0.114 e. The summed E-state index contributed by atoms with van der Waals surface area (Å²) in [5.74, 6) is 1.05. The number of aryl methyl sites for hydroxylation is 1. The fourth-order valence-corrected chi connectivity index (χ4v) is 6.07. The van der Waals surface area contributed by atoms with E-state index in [1.807, 2.05) is 17.8 Å². The van der Waals surface area contributed by atoms with Crippen LogP contribution in [-0.4, -0.2) is 42.0 Å². The van der Waals surface area contributed by atoms with E-state index in [2.05, 4.69) is 65.7 Å². The van der Waals surface area contributed by atoms with Crippen LogP contribution < -0.4 is 10.2 Å². The molecule has 2 heterocycles. The topological polar surface area (TPSA) is 43.4 Å². The lowest BCUT2D eigenvalue weighted by Gasteiger charge is -2.14. The van der Waals surface area contributed by atoms with Gasteiger partial charge in [-0.25, -0.2) is 0 Å². The molecule has 0 spiro atoms. The van der Waals surface area contributed by atoms with Gasteiger partial charge in [0, 0.05) is 42.0 Å². The van der Waals surface area contributed by atoms with E-state index in [0.29, 0.717) is 12.1 Å². The minimum atomic E-state index is 0.365. The van der Waals surface area contributed by atoms with Crippen LogP contribution in [0.2, 0.25) is 5.02 Å². The standard InChI is InChI=1S/C26H31ClN4S/c1-31(2)22-9-5-6-17(12-22)10-11-21-16-32-26(29-21)24-14-18-13-19(27)15-23(25(18)30-24)28-20-7-3-4-8-20/h5-6,9,12-15,20-21,28,30H,3-4,7-8,10-11,16H2,1-2H3. The zero-order valence-corrected chi connectivity index (χ0v) is 20.4. The summed E-state index contributed by atoms with van der Waals surface area (Å²) in [6, 6.07) is 16.0. The molecule has 1 fully saturated rings. The number of hydrogen-bond acceptors (Lipinski definition) is 4. The molecule has 0 bridgehead atoms.